The fourth-order valence-electron chi connectivity index (χ4n) is 4.21. The lowest BCUT2D eigenvalue weighted by Crippen LogP contribution is -2.51. The SMILES string of the molecule is Cc1cc(C)cc(OCC(=O)N(CCc2ccccc2)[C@H](C)C(=O)NC2CCCC2)c1. The molecule has 1 aliphatic rings. The van der Waals surface area contributed by atoms with Gasteiger partial charge in [-0.1, -0.05) is 49.2 Å². The molecule has 0 bridgehead atoms. The lowest BCUT2D eigenvalue weighted by molar-refractivity contribution is -0.141. The van der Waals surface area contributed by atoms with E-state index in [1.54, 1.807) is 4.90 Å². The summed E-state index contributed by atoms with van der Waals surface area (Å²) in [6.07, 6.45) is 5.04. The largest absolute Gasteiger partial charge is 0.484 e. The molecule has 0 aliphatic heterocycles. The van der Waals surface area contributed by atoms with E-state index >= 15 is 0 Å². The molecular formula is C26H34N2O3. The number of ether oxygens (including phenoxy) is 1. The molecule has 166 valence electrons. The van der Waals surface area contributed by atoms with Gasteiger partial charge in [0.25, 0.3) is 5.91 Å². The monoisotopic (exact) mass is 422 g/mol. The number of aryl methyl sites for hydroxylation is 2. The second-order valence-electron chi connectivity index (χ2n) is 8.60. The molecule has 1 aliphatic carbocycles. The van der Waals surface area contributed by atoms with Gasteiger partial charge in [-0.05, 0) is 68.9 Å². The Hall–Kier alpha value is -2.82. The maximum atomic E-state index is 13.1. The highest BCUT2D eigenvalue weighted by Gasteiger charge is 2.28. The third kappa shape index (κ3) is 6.84. The summed E-state index contributed by atoms with van der Waals surface area (Å²) in [4.78, 5) is 27.6. The van der Waals surface area contributed by atoms with E-state index in [0.717, 1.165) is 42.4 Å². The van der Waals surface area contributed by atoms with Gasteiger partial charge in [-0.15, -0.1) is 0 Å². The summed E-state index contributed by atoms with van der Waals surface area (Å²) >= 11 is 0. The molecule has 3 rings (SSSR count). The topological polar surface area (TPSA) is 58.6 Å². The van der Waals surface area contributed by atoms with Crippen LogP contribution in [-0.4, -0.2) is 41.9 Å². The molecule has 0 spiro atoms. The third-order valence-corrected chi connectivity index (χ3v) is 5.91. The van der Waals surface area contributed by atoms with Crippen molar-refractivity contribution in [3.63, 3.8) is 0 Å². The Morgan fingerprint density at radius 2 is 1.71 bits per heavy atom. The minimum absolute atomic E-state index is 0.0836. The van der Waals surface area contributed by atoms with Crippen molar-refractivity contribution in [2.24, 2.45) is 0 Å². The molecule has 1 atom stereocenters. The number of nitrogens with one attached hydrogen (secondary N) is 1. The van der Waals surface area contributed by atoms with Crippen molar-refractivity contribution in [2.45, 2.75) is 65.0 Å². The van der Waals surface area contributed by atoms with Gasteiger partial charge in [0, 0.05) is 12.6 Å². The maximum Gasteiger partial charge on any atom is 0.261 e. The molecule has 0 saturated heterocycles. The van der Waals surface area contributed by atoms with Gasteiger partial charge in [-0.2, -0.15) is 0 Å². The van der Waals surface area contributed by atoms with Crippen LogP contribution in [0.5, 0.6) is 5.75 Å². The molecule has 2 amide bonds. The molecule has 0 heterocycles. The molecule has 0 unspecified atom stereocenters. The van der Waals surface area contributed by atoms with Gasteiger partial charge in [-0.3, -0.25) is 9.59 Å². The van der Waals surface area contributed by atoms with E-state index in [-0.39, 0.29) is 24.5 Å². The maximum absolute atomic E-state index is 13.1. The van der Waals surface area contributed by atoms with Gasteiger partial charge in [0.1, 0.15) is 11.8 Å². The first kappa shape index (κ1) is 22.9. The Kier molecular flexibility index (Phi) is 8.10. The Balaban J connectivity index is 1.66. The van der Waals surface area contributed by atoms with Crippen LogP contribution < -0.4 is 10.1 Å². The van der Waals surface area contributed by atoms with Gasteiger partial charge in [0.05, 0.1) is 0 Å². The van der Waals surface area contributed by atoms with Crippen molar-refractivity contribution in [1.82, 2.24) is 10.2 Å². The highest BCUT2D eigenvalue weighted by Crippen LogP contribution is 2.19. The fourth-order valence-corrected chi connectivity index (χ4v) is 4.21. The first-order chi connectivity index (χ1) is 14.9. The van der Waals surface area contributed by atoms with Crippen LogP contribution in [0.2, 0.25) is 0 Å². The molecular weight excluding hydrogens is 388 g/mol. The van der Waals surface area contributed by atoms with E-state index in [1.807, 2.05) is 63.2 Å². The average molecular weight is 423 g/mol. The van der Waals surface area contributed by atoms with E-state index in [2.05, 4.69) is 11.4 Å². The summed E-state index contributed by atoms with van der Waals surface area (Å²) in [6, 6.07) is 15.6. The third-order valence-electron chi connectivity index (χ3n) is 5.91. The molecule has 0 aromatic heterocycles. The Bertz CT molecular complexity index is 855. The predicted octanol–water partition coefficient (Wildman–Crippen LogP) is 4.20. The standard InChI is InChI=1S/C26H34N2O3/c1-19-15-20(2)17-24(16-19)31-18-25(29)28(14-13-22-9-5-4-6-10-22)21(3)26(30)27-23-11-7-8-12-23/h4-6,9-10,15-17,21,23H,7-8,11-14,18H2,1-3H3,(H,27,30)/t21-/m1/s1. The van der Waals surface area contributed by atoms with Crippen LogP contribution in [0.15, 0.2) is 48.5 Å². The van der Waals surface area contributed by atoms with E-state index < -0.39 is 6.04 Å². The summed E-state index contributed by atoms with van der Waals surface area (Å²) in [5.41, 5.74) is 3.32. The van der Waals surface area contributed by atoms with Crippen LogP contribution in [0.3, 0.4) is 0 Å². The molecule has 31 heavy (non-hydrogen) atoms. The smallest absolute Gasteiger partial charge is 0.261 e. The zero-order chi connectivity index (χ0) is 22.2. The lowest BCUT2D eigenvalue weighted by atomic mass is 10.1. The second-order valence-corrected chi connectivity index (χ2v) is 8.60. The summed E-state index contributed by atoms with van der Waals surface area (Å²) in [5.74, 6) is 0.417. The molecule has 1 fully saturated rings. The molecule has 5 heteroatoms. The number of hydrogen-bond acceptors (Lipinski definition) is 3. The quantitative estimate of drug-likeness (QED) is 0.659. The molecule has 1 saturated carbocycles. The van der Waals surface area contributed by atoms with Crippen LogP contribution in [0.25, 0.3) is 0 Å². The summed E-state index contributed by atoms with van der Waals surface area (Å²) < 4.78 is 5.80. The number of carbonyl (C=O) groups excluding carboxylic acids is 2. The summed E-state index contributed by atoms with van der Waals surface area (Å²) in [7, 11) is 0. The van der Waals surface area contributed by atoms with Crippen molar-refractivity contribution in [1.29, 1.82) is 0 Å². The molecule has 2 aromatic carbocycles. The highest BCUT2D eigenvalue weighted by molar-refractivity contribution is 5.88. The van der Waals surface area contributed by atoms with Gasteiger partial charge >= 0.3 is 0 Å². The highest BCUT2D eigenvalue weighted by atomic mass is 16.5. The van der Waals surface area contributed by atoms with Crippen molar-refractivity contribution in [3.8, 4) is 5.75 Å². The number of nitrogens with zero attached hydrogens (tertiary/aromatic N) is 1. The average Bonchev–Trinajstić information content (AvgIpc) is 3.25. The fraction of sp³-hybridized carbons (Fsp3) is 0.462. The molecule has 5 nitrogen and oxygen atoms in total. The first-order valence-corrected chi connectivity index (χ1v) is 11.3. The first-order valence-electron chi connectivity index (χ1n) is 11.3. The van der Waals surface area contributed by atoms with Crippen molar-refractivity contribution in [3.05, 3.63) is 65.2 Å². The van der Waals surface area contributed by atoms with Gasteiger partial charge < -0.3 is 15.0 Å². The molecule has 1 N–H and O–H groups in total. The van der Waals surface area contributed by atoms with Gasteiger partial charge in [-0.25, -0.2) is 0 Å². The summed E-state index contributed by atoms with van der Waals surface area (Å²) in [6.45, 7) is 6.20. The Morgan fingerprint density at radius 3 is 2.35 bits per heavy atom. The van der Waals surface area contributed by atoms with Crippen molar-refractivity contribution >= 4 is 11.8 Å². The Morgan fingerprint density at radius 1 is 1.06 bits per heavy atom. The molecule has 0 radical (unpaired) electrons. The molecule has 2 aromatic rings. The van der Waals surface area contributed by atoms with E-state index in [9.17, 15) is 9.59 Å². The second kappa shape index (κ2) is 11.0. The number of hydrogen-bond donors (Lipinski definition) is 1. The zero-order valence-corrected chi connectivity index (χ0v) is 18.9. The van der Waals surface area contributed by atoms with Crippen molar-refractivity contribution < 1.29 is 14.3 Å². The van der Waals surface area contributed by atoms with Crippen LogP contribution >= 0.6 is 0 Å². The van der Waals surface area contributed by atoms with Crippen LogP contribution in [-0.2, 0) is 16.0 Å². The number of rotatable bonds is 9. The van der Waals surface area contributed by atoms with E-state index in [1.165, 1.54) is 0 Å². The zero-order valence-electron chi connectivity index (χ0n) is 18.9. The normalized spacial score (nSPS) is 14.8. The Labute approximate surface area is 185 Å². The number of benzene rings is 2. The number of amides is 2. The van der Waals surface area contributed by atoms with Crippen LogP contribution in [0, 0.1) is 13.8 Å². The van der Waals surface area contributed by atoms with Gasteiger partial charge in [0.15, 0.2) is 6.61 Å². The number of carbonyl (C=O) groups is 2. The van der Waals surface area contributed by atoms with E-state index in [4.69, 9.17) is 4.74 Å². The van der Waals surface area contributed by atoms with Gasteiger partial charge in [0.2, 0.25) is 5.91 Å². The van der Waals surface area contributed by atoms with Crippen molar-refractivity contribution in [2.75, 3.05) is 13.2 Å². The minimum atomic E-state index is -0.542. The lowest BCUT2D eigenvalue weighted by Gasteiger charge is -2.29. The van der Waals surface area contributed by atoms with E-state index in [0.29, 0.717) is 18.7 Å². The van der Waals surface area contributed by atoms with Crippen LogP contribution in [0.1, 0.15) is 49.3 Å². The summed E-state index contributed by atoms with van der Waals surface area (Å²) in [5, 5.41) is 3.13. The minimum Gasteiger partial charge on any atom is -0.484 e. The predicted molar refractivity (Wildman–Crippen MR) is 123 cm³/mol. The van der Waals surface area contributed by atoms with Crippen LogP contribution in [0.4, 0.5) is 0 Å².